The van der Waals surface area contributed by atoms with E-state index in [2.05, 4.69) is 36.2 Å². The molecule has 0 radical (unpaired) electrons. The Morgan fingerprint density at radius 2 is 2.05 bits per heavy atom. The molecule has 1 N–H and O–H groups in total. The molecule has 0 aromatic heterocycles. The summed E-state index contributed by atoms with van der Waals surface area (Å²) in [4.78, 5) is 13.4. The molecule has 1 saturated heterocycles. The van der Waals surface area contributed by atoms with Gasteiger partial charge in [0.25, 0.3) is 0 Å². The highest BCUT2D eigenvalue weighted by Crippen LogP contribution is 2.22. The molecule has 1 aromatic rings. The minimum atomic E-state index is 0.127. The number of hydrogen-bond acceptors (Lipinski definition) is 3. The second-order valence-electron chi connectivity index (χ2n) is 5.05. The van der Waals surface area contributed by atoms with E-state index in [1.54, 1.807) is 0 Å². The smallest absolute Gasteiger partial charge is 0.234 e. The Bertz CT molecular complexity index is 426. The van der Waals surface area contributed by atoms with Crippen LogP contribution >= 0.6 is 0 Å². The fourth-order valence-electron chi connectivity index (χ4n) is 2.37. The lowest BCUT2D eigenvalue weighted by atomic mass is 10.1. The average Bonchev–Trinajstić information content (AvgIpc) is 2.37. The van der Waals surface area contributed by atoms with Gasteiger partial charge in [0.05, 0.1) is 13.2 Å². The quantitative estimate of drug-likeness (QED) is 0.818. The highest BCUT2D eigenvalue weighted by Gasteiger charge is 2.15. The minimum absolute atomic E-state index is 0.127. The standard InChI is InChI=1S/C15H22N2O2/c1-12-5-3-6-13(2)15(12)19-10-4-8-17-9-7-16-14(18)11-17/h3,5-6H,4,7-11H2,1-2H3,(H,16,18). The Kier molecular flexibility index (Phi) is 4.80. The number of rotatable bonds is 5. The number of nitrogens with one attached hydrogen (secondary N) is 1. The molecule has 104 valence electrons. The van der Waals surface area contributed by atoms with Crippen LogP contribution in [0.5, 0.6) is 5.75 Å². The van der Waals surface area contributed by atoms with Crippen molar-refractivity contribution < 1.29 is 9.53 Å². The van der Waals surface area contributed by atoms with E-state index in [9.17, 15) is 4.79 Å². The van der Waals surface area contributed by atoms with Gasteiger partial charge in [0, 0.05) is 19.6 Å². The van der Waals surface area contributed by atoms with Crippen molar-refractivity contribution in [1.82, 2.24) is 10.2 Å². The lowest BCUT2D eigenvalue weighted by Gasteiger charge is -2.26. The van der Waals surface area contributed by atoms with Crippen molar-refractivity contribution >= 4 is 5.91 Å². The number of hydrogen-bond donors (Lipinski definition) is 1. The van der Waals surface area contributed by atoms with E-state index in [0.717, 1.165) is 31.8 Å². The van der Waals surface area contributed by atoms with Crippen LogP contribution in [0.4, 0.5) is 0 Å². The number of nitrogens with zero attached hydrogens (tertiary/aromatic N) is 1. The van der Waals surface area contributed by atoms with Crippen LogP contribution in [0.2, 0.25) is 0 Å². The van der Waals surface area contributed by atoms with Crippen molar-refractivity contribution in [3.8, 4) is 5.75 Å². The van der Waals surface area contributed by atoms with Crippen molar-refractivity contribution in [2.45, 2.75) is 20.3 Å². The van der Waals surface area contributed by atoms with Crippen LogP contribution in [0, 0.1) is 13.8 Å². The van der Waals surface area contributed by atoms with Gasteiger partial charge in [0.2, 0.25) is 5.91 Å². The van der Waals surface area contributed by atoms with Gasteiger partial charge in [0.1, 0.15) is 5.75 Å². The van der Waals surface area contributed by atoms with Gasteiger partial charge in [0.15, 0.2) is 0 Å². The largest absolute Gasteiger partial charge is 0.493 e. The van der Waals surface area contributed by atoms with Crippen molar-refractivity contribution in [2.24, 2.45) is 0 Å². The zero-order chi connectivity index (χ0) is 13.7. The Balaban J connectivity index is 1.73. The second-order valence-corrected chi connectivity index (χ2v) is 5.05. The van der Waals surface area contributed by atoms with Gasteiger partial charge in [-0.1, -0.05) is 18.2 Å². The number of benzene rings is 1. The molecular formula is C15H22N2O2. The summed E-state index contributed by atoms with van der Waals surface area (Å²) in [5.74, 6) is 1.13. The molecule has 0 atom stereocenters. The number of piperazine rings is 1. The lowest BCUT2D eigenvalue weighted by molar-refractivity contribution is -0.124. The van der Waals surface area contributed by atoms with E-state index in [4.69, 9.17) is 4.74 Å². The number of para-hydroxylation sites is 1. The molecule has 1 amide bonds. The van der Waals surface area contributed by atoms with Crippen molar-refractivity contribution in [2.75, 3.05) is 32.8 Å². The summed E-state index contributed by atoms with van der Waals surface area (Å²) in [5, 5.41) is 2.83. The predicted octanol–water partition coefficient (Wildman–Crippen LogP) is 1.50. The van der Waals surface area contributed by atoms with Crippen molar-refractivity contribution in [3.63, 3.8) is 0 Å². The molecule has 0 saturated carbocycles. The minimum Gasteiger partial charge on any atom is -0.493 e. The molecule has 0 bridgehead atoms. The molecule has 2 rings (SSSR count). The van der Waals surface area contributed by atoms with Gasteiger partial charge < -0.3 is 10.1 Å². The molecule has 4 nitrogen and oxygen atoms in total. The SMILES string of the molecule is Cc1cccc(C)c1OCCCN1CCNC(=O)C1. The molecule has 1 aliphatic heterocycles. The first-order chi connectivity index (χ1) is 9.16. The summed E-state index contributed by atoms with van der Waals surface area (Å²) in [6.45, 7) is 7.96. The van der Waals surface area contributed by atoms with Crippen LogP contribution in [-0.2, 0) is 4.79 Å². The first kappa shape index (κ1) is 13.9. The number of amides is 1. The van der Waals surface area contributed by atoms with E-state index < -0.39 is 0 Å². The Morgan fingerprint density at radius 1 is 1.32 bits per heavy atom. The van der Waals surface area contributed by atoms with Gasteiger partial charge in [-0.15, -0.1) is 0 Å². The predicted molar refractivity (Wildman–Crippen MR) is 75.5 cm³/mol. The maximum Gasteiger partial charge on any atom is 0.234 e. The van der Waals surface area contributed by atoms with Gasteiger partial charge in [-0.2, -0.15) is 0 Å². The van der Waals surface area contributed by atoms with Crippen LogP contribution in [0.15, 0.2) is 18.2 Å². The monoisotopic (exact) mass is 262 g/mol. The maximum atomic E-state index is 11.2. The lowest BCUT2D eigenvalue weighted by Crippen LogP contribution is -2.47. The number of carbonyl (C=O) groups is 1. The van der Waals surface area contributed by atoms with E-state index >= 15 is 0 Å². The Labute approximate surface area is 114 Å². The normalized spacial score (nSPS) is 16.2. The number of carbonyl (C=O) groups excluding carboxylic acids is 1. The van der Waals surface area contributed by atoms with E-state index in [1.165, 1.54) is 11.1 Å². The molecular weight excluding hydrogens is 240 g/mol. The Hall–Kier alpha value is -1.55. The first-order valence-electron chi connectivity index (χ1n) is 6.85. The third-order valence-corrected chi connectivity index (χ3v) is 3.39. The highest BCUT2D eigenvalue weighted by molar-refractivity contribution is 5.78. The third-order valence-electron chi connectivity index (χ3n) is 3.39. The third kappa shape index (κ3) is 3.96. The van der Waals surface area contributed by atoms with Crippen LogP contribution in [-0.4, -0.2) is 43.6 Å². The summed E-state index contributed by atoms with van der Waals surface area (Å²) >= 11 is 0. The molecule has 1 aliphatic rings. The van der Waals surface area contributed by atoms with E-state index in [0.29, 0.717) is 13.2 Å². The maximum absolute atomic E-state index is 11.2. The highest BCUT2D eigenvalue weighted by atomic mass is 16.5. The summed E-state index contributed by atoms with van der Waals surface area (Å²) < 4.78 is 5.86. The molecule has 1 aromatic carbocycles. The first-order valence-corrected chi connectivity index (χ1v) is 6.85. The summed E-state index contributed by atoms with van der Waals surface area (Å²) in [5.41, 5.74) is 2.36. The van der Waals surface area contributed by atoms with Gasteiger partial charge >= 0.3 is 0 Å². The molecule has 19 heavy (non-hydrogen) atoms. The summed E-state index contributed by atoms with van der Waals surface area (Å²) in [6.07, 6.45) is 0.945. The fraction of sp³-hybridized carbons (Fsp3) is 0.533. The molecule has 1 fully saturated rings. The molecule has 4 heteroatoms. The average molecular weight is 262 g/mol. The topological polar surface area (TPSA) is 41.6 Å². The fourth-order valence-corrected chi connectivity index (χ4v) is 2.37. The number of ether oxygens (including phenoxy) is 1. The van der Waals surface area contributed by atoms with Crippen molar-refractivity contribution in [1.29, 1.82) is 0 Å². The van der Waals surface area contributed by atoms with Crippen LogP contribution in [0.25, 0.3) is 0 Å². The molecule has 0 spiro atoms. The van der Waals surface area contributed by atoms with Gasteiger partial charge in [-0.3, -0.25) is 9.69 Å². The van der Waals surface area contributed by atoms with Crippen LogP contribution in [0.1, 0.15) is 17.5 Å². The molecule has 1 heterocycles. The van der Waals surface area contributed by atoms with Crippen molar-refractivity contribution in [3.05, 3.63) is 29.3 Å². The van der Waals surface area contributed by atoms with E-state index in [1.807, 2.05) is 6.07 Å². The summed E-state index contributed by atoms with van der Waals surface area (Å²) in [6, 6.07) is 6.18. The van der Waals surface area contributed by atoms with Crippen LogP contribution in [0.3, 0.4) is 0 Å². The van der Waals surface area contributed by atoms with Gasteiger partial charge in [-0.05, 0) is 31.4 Å². The van der Waals surface area contributed by atoms with Gasteiger partial charge in [-0.25, -0.2) is 0 Å². The van der Waals surface area contributed by atoms with Crippen LogP contribution < -0.4 is 10.1 Å². The molecule has 0 aliphatic carbocycles. The summed E-state index contributed by atoms with van der Waals surface area (Å²) in [7, 11) is 0. The number of aryl methyl sites for hydroxylation is 2. The van der Waals surface area contributed by atoms with E-state index in [-0.39, 0.29) is 5.91 Å². The zero-order valence-corrected chi connectivity index (χ0v) is 11.7. The second kappa shape index (κ2) is 6.57. The molecule has 0 unspecified atom stereocenters. The zero-order valence-electron chi connectivity index (χ0n) is 11.7. The Morgan fingerprint density at radius 3 is 2.74 bits per heavy atom.